The second-order valence-corrected chi connectivity index (χ2v) is 7.10. The fourth-order valence-electron chi connectivity index (χ4n) is 2.27. The van der Waals surface area contributed by atoms with Crippen LogP contribution in [0.2, 0.25) is 0 Å². The number of anilines is 1. The summed E-state index contributed by atoms with van der Waals surface area (Å²) in [7, 11) is 0. The Labute approximate surface area is 146 Å². The van der Waals surface area contributed by atoms with Crippen LogP contribution in [0, 0.1) is 5.92 Å². The van der Waals surface area contributed by atoms with Gasteiger partial charge in [0.25, 0.3) is 0 Å². The molecule has 0 radical (unpaired) electrons. The van der Waals surface area contributed by atoms with Crippen molar-refractivity contribution in [2.24, 2.45) is 5.92 Å². The van der Waals surface area contributed by atoms with Crippen LogP contribution in [0.15, 0.2) is 24.3 Å². The number of hydrogen-bond acceptors (Lipinski definition) is 4. The average molecular weight is 336 g/mol. The van der Waals surface area contributed by atoms with Crippen LogP contribution in [-0.2, 0) is 4.74 Å². The van der Waals surface area contributed by atoms with Crippen LogP contribution < -0.4 is 15.4 Å². The molecule has 5 heteroatoms. The molecule has 1 unspecified atom stereocenters. The molecule has 0 fully saturated rings. The van der Waals surface area contributed by atoms with Crippen LogP contribution in [-0.4, -0.2) is 31.4 Å². The smallest absolute Gasteiger partial charge is 0.412 e. The van der Waals surface area contributed by atoms with E-state index in [1.165, 1.54) is 12.8 Å². The Morgan fingerprint density at radius 1 is 1.29 bits per heavy atom. The highest BCUT2D eigenvalue weighted by molar-refractivity contribution is 5.85. The molecule has 0 heterocycles. The van der Waals surface area contributed by atoms with Crippen molar-refractivity contribution in [2.45, 2.75) is 53.1 Å². The third kappa shape index (κ3) is 9.40. The minimum atomic E-state index is -0.515. The van der Waals surface area contributed by atoms with E-state index < -0.39 is 11.7 Å². The first-order valence-corrected chi connectivity index (χ1v) is 8.73. The lowest BCUT2D eigenvalue weighted by Gasteiger charge is -2.19. The lowest BCUT2D eigenvalue weighted by atomic mass is 10.1. The van der Waals surface area contributed by atoms with Crippen molar-refractivity contribution in [1.29, 1.82) is 0 Å². The fourth-order valence-corrected chi connectivity index (χ4v) is 2.27. The second-order valence-electron chi connectivity index (χ2n) is 7.10. The molecular weight excluding hydrogens is 304 g/mol. The van der Waals surface area contributed by atoms with E-state index in [0.717, 1.165) is 18.8 Å². The molecule has 1 amide bonds. The van der Waals surface area contributed by atoms with Gasteiger partial charge in [-0.2, -0.15) is 0 Å². The predicted octanol–water partition coefficient (Wildman–Crippen LogP) is 4.44. The minimum Gasteiger partial charge on any atom is -0.492 e. The summed E-state index contributed by atoms with van der Waals surface area (Å²) in [5.41, 5.74) is 0.143. The van der Waals surface area contributed by atoms with E-state index in [1.54, 1.807) is 6.07 Å². The predicted molar refractivity (Wildman–Crippen MR) is 98.7 cm³/mol. The zero-order valence-corrected chi connectivity index (χ0v) is 15.6. The first-order valence-electron chi connectivity index (χ1n) is 8.73. The van der Waals surface area contributed by atoms with E-state index in [-0.39, 0.29) is 0 Å². The van der Waals surface area contributed by atoms with Crippen LogP contribution in [0.1, 0.15) is 47.5 Å². The van der Waals surface area contributed by atoms with Gasteiger partial charge in [0.05, 0.1) is 0 Å². The maximum atomic E-state index is 11.8. The lowest BCUT2D eigenvalue weighted by molar-refractivity contribution is 0.0636. The van der Waals surface area contributed by atoms with Crippen molar-refractivity contribution in [3.63, 3.8) is 0 Å². The number of rotatable bonds is 9. The van der Waals surface area contributed by atoms with Gasteiger partial charge in [-0.05, 0) is 51.8 Å². The highest BCUT2D eigenvalue weighted by atomic mass is 16.6. The molecule has 1 atom stereocenters. The molecule has 0 aliphatic heterocycles. The summed E-state index contributed by atoms with van der Waals surface area (Å²) in [4.78, 5) is 11.8. The fraction of sp³-hybridized carbons (Fsp3) is 0.632. The van der Waals surface area contributed by atoms with Gasteiger partial charge in [0.15, 0.2) is 0 Å². The molecule has 0 saturated heterocycles. The van der Waals surface area contributed by atoms with Crippen molar-refractivity contribution in [3.8, 4) is 5.75 Å². The summed E-state index contributed by atoms with van der Waals surface area (Å²) in [6, 6.07) is 7.32. The van der Waals surface area contributed by atoms with Crippen LogP contribution in [0.5, 0.6) is 5.75 Å². The van der Waals surface area contributed by atoms with E-state index >= 15 is 0 Å². The molecule has 0 spiro atoms. The third-order valence-corrected chi connectivity index (χ3v) is 3.30. The van der Waals surface area contributed by atoms with Crippen LogP contribution in [0.4, 0.5) is 10.5 Å². The van der Waals surface area contributed by atoms with Gasteiger partial charge in [-0.3, -0.25) is 5.32 Å². The SMILES string of the molecule is CCCC(C)CNCCOc1cccc(NC(=O)OC(C)(C)C)c1. The van der Waals surface area contributed by atoms with Crippen molar-refractivity contribution in [3.05, 3.63) is 24.3 Å². The number of hydrogen-bond donors (Lipinski definition) is 2. The van der Waals surface area contributed by atoms with E-state index in [9.17, 15) is 4.79 Å². The molecule has 136 valence electrons. The van der Waals surface area contributed by atoms with E-state index in [0.29, 0.717) is 18.2 Å². The van der Waals surface area contributed by atoms with Crippen molar-refractivity contribution in [1.82, 2.24) is 5.32 Å². The summed E-state index contributed by atoms with van der Waals surface area (Å²) in [5.74, 6) is 1.42. The summed E-state index contributed by atoms with van der Waals surface area (Å²) >= 11 is 0. The Balaban J connectivity index is 2.33. The number of benzene rings is 1. The highest BCUT2D eigenvalue weighted by Gasteiger charge is 2.16. The van der Waals surface area contributed by atoms with Gasteiger partial charge in [0.1, 0.15) is 18.0 Å². The summed E-state index contributed by atoms with van der Waals surface area (Å²) in [6.45, 7) is 12.4. The molecule has 1 aromatic rings. The molecule has 1 aromatic carbocycles. The lowest BCUT2D eigenvalue weighted by Crippen LogP contribution is -2.27. The summed E-state index contributed by atoms with van der Waals surface area (Å²) in [6.07, 6.45) is 1.99. The normalized spacial score (nSPS) is 12.5. The number of ether oxygens (including phenoxy) is 2. The maximum absolute atomic E-state index is 11.8. The van der Waals surface area contributed by atoms with Gasteiger partial charge in [-0.15, -0.1) is 0 Å². The van der Waals surface area contributed by atoms with Crippen molar-refractivity contribution in [2.75, 3.05) is 25.0 Å². The summed E-state index contributed by atoms with van der Waals surface area (Å²) < 4.78 is 11.0. The van der Waals surface area contributed by atoms with Gasteiger partial charge in [-0.1, -0.05) is 26.3 Å². The van der Waals surface area contributed by atoms with Crippen molar-refractivity contribution >= 4 is 11.8 Å². The van der Waals surface area contributed by atoms with Crippen LogP contribution >= 0.6 is 0 Å². The zero-order chi connectivity index (χ0) is 18.0. The Kier molecular flexibility index (Phi) is 8.61. The molecule has 1 rings (SSSR count). The van der Waals surface area contributed by atoms with E-state index in [1.807, 2.05) is 39.0 Å². The number of amides is 1. The first kappa shape index (κ1) is 20.3. The largest absolute Gasteiger partial charge is 0.492 e. The average Bonchev–Trinajstić information content (AvgIpc) is 2.45. The minimum absolute atomic E-state index is 0.466. The van der Waals surface area contributed by atoms with Gasteiger partial charge < -0.3 is 14.8 Å². The summed E-state index contributed by atoms with van der Waals surface area (Å²) in [5, 5.41) is 6.11. The molecule has 2 N–H and O–H groups in total. The Morgan fingerprint density at radius 3 is 2.71 bits per heavy atom. The Morgan fingerprint density at radius 2 is 2.04 bits per heavy atom. The molecule has 0 bridgehead atoms. The van der Waals surface area contributed by atoms with E-state index in [4.69, 9.17) is 9.47 Å². The first-order chi connectivity index (χ1) is 11.3. The molecule has 0 aliphatic rings. The van der Waals surface area contributed by atoms with Crippen LogP contribution in [0.25, 0.3) is 0 Å². The molecular formula is C19H32N2O3. The Hall–Kier alpha value is -1.75. The molecule has 5 nitrogen and oxygen atoms in total. The third-order valence-electron chi connectivity index (χ3n) is 3.30. The number of nitrogens with one attached hydrogen (secondary N) is 2. The van der Waals surface area contributed by atoms with Gasteiger partial charge in [0.2, 0.25) is 0 Å². The maximum Gasteiger partial charge on any atom is 0.412 e. The van der Waals surface area contributed by atoms with Gasteiger partial charge >= 0.3 is 6.09 Å². The van der Waals surface area contributed by atoms with Crippen molar-refractivity contribution < 1.29 is 14.3 Å². The van der Waals surface area contributed by atoms with E-state index in [2.05, 4.69) is 24.5 Å². The standard InChI is InChI=1S/C19H32N2O3/c1-6-8-15(2)14-20-11-12-23-17-10-7-9-16(13-17)21-18(22)24-19(3,4)5/h7,9-10,13,15,20H,6,8,11-12,14H2,1-5H3,(H,21,22). The molecule has 0 aromatic heterocycles. The topological polar surface area (TPSA) is 59.6 Å². The number of carbonyl (C=O) groups is 1. The zero-order valence-electron chi connectivity index (χ0n) is 15.6. The molecule has 0 saturated carbocycles. The highest BCUT2D eigenvalue weighted by Crippen LogP contribution is 2.18. The van der Waals surface area contributed by atoms with Gasteiger partial charge in [0, 0.05) is 18.3 Å². The monoisotopic (exact) mass is 336 g/mol. The Bertz CT molecular complexity index is 498. The van der Waals surface area contributed by atoms with Crippen LogP contribution in [0.3, 0.4) is 0 Å². The quantitative estimate of drug-likeness (QED) is 0.655. The number of carbonyl (C=O) groups excluding carboxylic acids is 1. The second kappa shape index (κ2) is 10.2. The molecule has 0 aliphatic carbocycles. The molecule has 24 heavy (non-hydrogen) atoms. The van der Waals surface area contributed by atoms with Gasteiger partial charge in [-0.25, -0.2) is 4.79 Å².